The lowest BCUT2D eigenvalue weighted by Gasteiger charge is -2.05. The zero-order valence-electron chi connectivity index (χ0n) is 9.28. The molecule has 74 valence electrons. The monoisotopic (exact) mass is 179 g/mol. The second-order valence-corrected chi connectivity index (χ2v) is 3.49. The molecule has 0 radical (unpaired) electrons. The molecule has 0 atom stereocenters. The number of nitrogens with one attached hydrogen (secondary N) is 1. The van der Waals surface area contributed by atoms with E-state index in [4.69, 9.17) is 0 Å². The topological polar surface area (TPSA) is 12.0 Å². The Morgan fingerprint density at radius 2 is 1.85 bits per heavy atom. The first-order chi connectivity index (χ1) is 6.07. The third kappa shape index (κ3) is 6.35. The van der Waals surface area contributed by atoms with Gasteiger partial charge >= 0.3 is 0 Å². The van der Waals surface area contributed by atoms with Crippen molar-refractivity contribution in [2.75, 3.05) is 13.1 Å². The molecule has 0 aliphatic carbocycles. The molecule has 0 saturated carbocycles. The van der Waals surface area contributed by atoms with E-state index in [1.54, 1.807) is 0 Å². The van der Waals surface area contributed by atoms with Crippen LogP contribution < -0.4 is 5.32 Å². The van der Waals surface area contributed by atoms with E-state index in [1.807, 2.05) is 6.92 Å². The van der Waals surface area contributed by atoms with Gasteiger partial charge in [-0.15, -0.1) is 0 Å². The average molecular weight is 179 g/mol. The molecule has 0 aromatic rings. The summed E-state index contributed by atoms with van der Waals surface area (Å²) >= 11 is 0. The van der Waals surface area contributed by atoms with Gasteiger partial charge in [0.15, 0.2) is 0 Å². The molecule has 0 bridgehead atoms. The maximum absolute atomic E-state index is 3.84. The second-order valence-electron chi connectivity index (χ2n) is 3.49. The Morgan fingerprint density at radius 1 is 1.23 bits per heavy atom. The lowest BCUT2D eigenvalue weighted by Crippen LogP contribution is -2.15. The molecule has 0 amide bonds. The molecule has 1 heteroatoms. The number of hydrogen-bond acceptors (Lipinski definition) is 1. The zero-order chi connectivity index (χ0) is 10.3. The van der Waals surface area contributed by atoms with Crippen LogP contribution in [0.5, 0.6) is 0 Å². The lowest BCUT2D eigenvalue weighted by atomic mass is 10.1. The van der Waals surface area contributed by atoms with Crippen molar-refractivity contribution in [2.45, 2.75) is 27.7 Å². The minimum absolute atomic E-state index is 0.947. The predicted octanol–water partition coefficient (Wildman–Crippen LogP) is 3.06. The molecule has 0 aromatic carbocycles. The SMILES string of the molecule is C=C(C)/C=C\C(CNCC)=C(C)C. The molecule has 0 aromatic heterocycles. The quantitative estimate of drug-likeness (QED) is 0.640. The highest BCUT2D eigenvalue weighted by Crippen LogP contribution is 2.05. The minimum Gasteiger partial charge on any atom is -0.313 e. The first-order valence-electron chi connectivity index (χ1n) is 4.78. The van der Waals surface area contributed by atoms with Crippen molar-refractivity contribution in [3.63, 3.8) is 0 Å². The van der Waals surface area contributed by atoms with Crippen LogP contribution in [0.2, 0.25) is 0 Å². The summed E-state index contributed by atoms with van der Waals surface area (Å²) in [6.45, 7) is 14.2. The summed E-state index contributed by atoms with van der Waals surface area (Å²) in [5.74, 6) is 0. The van der Waals surface area contributed by atoms with Crippen LogP contribution in [0, 0.1) is 0 Å². The first kappa shape index (κ1) is 12.2. The van der Waals surface area contributed by atoms with Crippen LogP contribution in [0.15, 0.2) is 35.5 Å². The standard InChI is InChI=1S/C12H21N/c1-6-13-9-12(11(4)5)8-7-10(2)3/h7-8,13H,2,6,9H2,1,3-5H3/b8-7-. The normalized spacial score (nSPS) is 10.5. The van der Waals surface area contributed by atoms with Crippen molar-refractivity contribution in [1.29, 1.82) is 0 Å². The summed E-state index contributed by atoms with van der Waals surface area (Å²) < 4.78 is 0. The summed E-state index contributed by atoms with van der Waals surface area (Å²) in [6, 6.07) is 0. The minimum atomic E-state index is 0.947. The Bertz CT molecular complexity index is 217. The lowest BCUT2D eigenvalue weighted by molar-refractivity contribution is 0.780. The van der Waals surface area contributed by atoms with Crippen molar-refractivity contribution >= 4 is 0 Å². The molecule has 0 rings (SSSR count). The molecule has 0 saturated heterocycles. The van der Waals surface area contributed by atoms with E-state index >= 15 is 0 Å². The second kappa shape index (κ2) is 6.67. The molecule has 1 N–H and O–H groups in total. The first-order valence-corrected chi connectivity index (χ1v) is 4.78. The van der Waals surface area contributed by atoms with Gasteiger partial charge < -0.3 is 5.32 Å². The van der Waals surface area contributed by atoms with Crippen molar-refractivity contribution in [1.82, 2.24) is 5.32 Å². The van der Waals surface area contributed by atoms with E-state index in [0.29, 0.717) is 0 Å². The number of rotatable bonds is 5. The smallest absolute Gasteiger partial charge is 0.0204 e. The molecule has 1 nitrogen and oxygen atoms in total. The highest BCUT2D eigenvalue weighted by Gasteiger charge is 1.93. The van der Waals surface area contributed by atoms with Gasteiger partial charge in [0, 0.05) is 6.54 Å². The largest absolute Gasteiger partial charge is 0.313 e. The van der Waals surface area contributed by atoms with Crippen molar-refractivity contribution in [3.8, 4) is 0 Å². The van der Waals surface area contributed by atoms with Gasteiger partial charge in [0.2, 0.25) is 0 Å². The molecule has 0 heterocycles. The van der Waals surface area contributed by atoms with Crippen molar-refractivity contribution in [2.24, 2.45) is 0 Å². The summed E-state index contributed by atoms with van der Waals surface area (Å²) in [4.78, 5) is 0. The van der Waals surface area contributed by atoms with E-state index in [0.717, 1.165) is 18.7 Å². The van der Waals surface area contributed by atoms with Crippen molar-refractivity contribution < 1.29 is 0 Å². The number of likely N-dealkylation sites (N-methyl/N-ethyl adjacent to an activating group) is 1. The average Bonchev–Trinajstić information content (AvgIpc) is 2.03. The number of allylic oxidation sites excluding steroid dienone is 3. The third-order valence-corrected chi connectivity index (χ3v) is 1.78. The Hall–Kier alpha value is -0.820. The van der Waals surface area contributed by atoms with Crippen LogP contribution in [0.1, 0.15) is 27.7 Å². The van der Waals surface area contributed by atoms with Gasteiger partial charge in [0.1, 0.15) is 0 Å². The summed E-state index contributed by atoms with van der Waals surface area (Å²) in [7, 11) is 0. The van der Waals surface area contributed by atoms with Gasteiger partial charge in [-0.2, -0.15) is 0 Å². The van der Waals surface area contributed by atoms with Gasteiger partial charge in [0.05, 0.1) is 0 Å². The van der Waals surface area contributed by atoms with Crippen LogP contribution in [-0.2, 0) is 0 Å². The molecular formula is C12H21N. The van der Waals surface area contributed by atoms with E-state index in [2.05, 4.69) is 44.8 Å². The summed E-state index contributed by atoms with van der Waals surface area (Å²) in [5, 5.41) is 3.31. The summed E-state index contributed by atoms with van der Waals surface area (Å²) in [6.07, 6.45) is 4.19. The van der Waals surface area contributed by atoms with Crippen LogP contribution in [-0.4, -0.2) is 13.1 Å². The van der Waals surface area contributed by atoms with Gasteiger partial charge in [-0.3, -0.25) is 0 Å². The van der Waals surface area contributed by atoms with Crippen LogP contribution in [0.4, 0.5) is 0 Å². The molecule has 0 aliphatic rings. The van der Waals surface area contributed by atoms with Crippen LogP contribution >= 0.6 is 0 Å². The van der Waals surface area contributed by atoms with Gasteiger partial charge in [0.25, 0.3) is 0 Å². The Labute approximate surface area is 82.2 Å². The third-order valence-electron chi connectivity index (χ3n) is 1.78. The summed E-state index contributed by atoms with van der Waals surface area (Å²) in [5.41, 5.74) is 3.80. The fourth-order valence-corrected chi connectivity index (χ4v) is 0.905. The fourth-order valence-electron chi connectivity index (χ4n) is 0.905. The van der Waals surface area contributed by atoms with E-state index in [9.17, 15) is 0 Å². The van der Waals surface area contributed by atoms with Gasteiger partial charge in [-0.05, 0) is 32.9 Å². The highest BCUT2D eigenvalue weighted by molar-refractivity contribution is 5.29. The van der Waals surface area contributed by atoms with Gasteiger partial charge in [-0.1, -0.05) is 36.8 Å². The Kier molecular flexibility index (Phi) is 6.25. The predicted molar refractivity (Wildman–Crippen MR) is 60.9 cm³/mol. The van der Waals surface area contributed by atoms with Crippen LogP contribution in [0.25, 0.3) is 0 Å². The van der Waals surface area contributed by atoms with Gasteiger partial charge in [-0.25, -0.2) is 0 Å². The van der Waals surface area contributed by atoms with Crippen LogP contribution in [0.3, 0.4) is 0 Å². The maximum Gasteiger partial charge on any atom is 0.0204 e. The fraction of sp³-hybridized carbons (Fsp3) is 0.500. The molecule has 13 heavy (non-hydrogen) atoms. The van der Waals surface area contributed by atoms with Crippen molar-refractivity contribution in [3.05, 3.63) is 35.5 Å². The molecule has 0 fully saturated rings. The molecule has 0 spiro atoms. The Balaban J connectivity index is 4.29. The molecular weight excluding hydrogens is 158 g/mol. The maximum atomic E-state index is 3.84. The highest BCUT2D eigenvalue weighted by atomic mass is 14.8. The van der Waals surface area contributed by atoms with E-state index in [1.165, 1.54) is 11.1 Å². The zero-order valence-corrected chi connectivity index (χ0v) is 9.28. The number of hydrogen-bond donors (Lipinski definition) is 1. The molecule has 0 aliphatic heterocycles. The Morgan fingerprint density at radius 3 is 2.23 bits per heavy atom. The van der Waals surface area contributed by atoms with E-state index in [-0.39, 0.29) is 0 Å². The molecule has 0 unspecified atom stereocenters. The van der Waals surface area contributed by atoms with E-state index < -0.39 is 0 Å².